The van der Waals surface area contributed by atoms with Crippen molar-refractivity contribution in [2.24, 2.45) is 5.92 Å². The standard InChI is InChI=1S/C17H26N2O2/c1-11-8-9-14(10-12(11)2)19-17(20)21-13(3)15-6-5-7-16(15)18-4/h8-10,13,15-16,18H,5-7H2,1-4H3,(H,19,20). The fraction of sp³-hybridized carbons (Fsp3) is 0.588. The van der Waals surface area contributed by atoms with E-state index in [0.717, 1.165) is 24.1 Å². The molecule has 0 radical (unpaired) electrons. The Balaban J connectivity index is 1.90. The van der Waals surface area contributed by atoms with Crippen molar-refractivity contribution >= 4 is 11.8 Å². The van der Waals surface area contributed by atoms with Crippen LogP contribution in [-0.2, 0) is 4.74 Å². The minimum atomic E-state index is -0.368. The first-order valence-corrected chi connectivity index (χ1v) is 7.73. The number of nitrogens with one attached hydrogen (secondary N) is 2. The highest BCUT2D eigenvalue weighted by molar-refractivity contribution is 5.84. The lowest BCUT2D eigenvalue weighted by Gasteiger charge is -2.25. The molecule has 21 heavy (non-hydrogen) atoms. The van der Waals surface area contributed by atoms with E-state index in [1.165, 1.54) is 12.0 Å². The quantitative estimate of drug-likeness (QED) is 0.890. The Morgan fingerprint density at radius 1 is 1.29 bits per heavy atom. The van der Waals surface area contributed by atoms with Crippen molar-refractivity contribution in [3.8, 4) is 0 Å². The molecule has 3 atom stereocenters. The van der Waals surface area contributed by atoms with Gasteiger partial charge in [0.2, 0.25) is 0 Å². The van der Waals surface area contributed by atoms with E-state index in [0.29, 0.717) is 12.0 Å². The molecule has 1 aliphatic carbocycles. The Hall–Kier alpha value is -1.55. The van der Waals surface area contributed by atoms with Crippen molar-refractivity contribution < 1.29 is 9.53 Å². The van der Waals surface area contributed by atoms with E-state index in [-0.39, 0.29) is 12.2 Å². The summed E-state index contributed by atoms with van der Waals surface area (Å²) in [7, 11) is 1.98. The molecule has 0 aromatic heterocycles. The molecule has 0 bridgehead atoms. The van der Waals surface area contributed by atoms with Crippen molar-refractivity contribution in [2.75, 3.05) is 12.4 Å². The van der Waals surface area contributed by atoms with Gasteiger partial charge in [0.05, 0.1) is 0 Å². The minimum absolute atomic E-state index is 0.0727. The minimum Gasteiger partial charge on any atom is -0.446 e. The van der Waals surface area contributed by atoms with Crippen LogP contribution in [0.5, 0.6) is 0 Å². The summed E-state index contributed by atoms with van der Waals surface area (Å²) >= 11 is 0. The molecular weight excluding hydrogens is 264 g/mol. The lowest BCUT2D eigenvalue weighted by atomic mass is 9.98. The summed E-state index contributed by atoms with van der Waals surface area (Å²) in [6.07, 6.45) is 3.03. The Labute approximate surface area is 127 Å². The van der Waals surface area contributed by atoms with Crippen molar-refractivity contribution in [1.82, 2.24) is 5.32 Å². The number of anilines is 1. The lowest BCUT2D eigenvalue weighted by Crippen LogP contribution is -2.37. The normalized spacial score (nSPS) is 22.9. The lowest BCUT2D eigenvalue weighted by molar-refractivity contribution is 0.0769. The molecule has 3 unspecified atom stereocenters. The largest absolute Gasteiger partial charge is 0.446 e. The van der Waals surface area contributed by atoms with Crippen LogP contribution in [0.2, 0.25) is 0 Å². The summed E-state index contributed by atoms with van der Waals surface area (Å²) in [4.78, 5) is 12.0. The number of rotatable bonds is 4. The van der Waals surface area contributed by atoms with Gasteiger partial charge in [-0.25, -0.2) is 4.79 Å². The number of hydrogen-bond acceptors (Lipinski definition) is 3. The van der Waals surface area contributed by atoms with E-state index >= 15 is 0 Å². The summed E-state index contributed by atoms with van der Waals surface area (Å²) in [6, 6.07) is 6.32. The summed E-state index contributed by atoms with van der Waals surface area (Å²) in [5.74, 6) is 0.403. The molecule has 0 spiro atoms. The topological polar surface area (TPSA) is 50.4 Å². The molecule has 0 aliphatic heterocycles. The smallest absolute Gasteiger partial charge is 0.411 e. The first-order chi connectivity index (χ1) is 10.0. The Bertz CT molecular complexity index is 502. The maximum absolute atomic E-state index is 12.0. The van der Waals surface area contributed by atoms with Gasteiger partial charge in [0.1, 0.15) is 6.10 Å². The molecule has 1 aromatic rings. The van der Waals surface area contributed by atoms with Gasteiger partial charge in [-0.1, -0.05) is 12.5 Å². The summed E-state index contributed by atoms with van der Waals surface area (Å²) < 4.78 is 5.55. The van der Waals surface area contributed by atoms with Crippen molar-refractivity contribution in [3.63, 3.8) is 0 Å². The van der Waals surface area contributed by atoms with Gasteiger partial charge in [0.25, 0.3) is 0 Å². The highest BCUT2D eigenvalue weighted by Crippen LogP contribution is 2.29. The van der Waals surface area contributed by atoms with Gasteiger partial charge >= 0.3 is 6.09 Å². The molecule has 1 amide bonds. The van der Waals surface area contributed by atoms with Crippen LogP contribution in [0.1, 0.15) is 37.3 Å². The second-order valence-electron chi connectivity index (χ2n) is 6.02. The van der Waals surface area contributed by atoms with Crippen LogP contribution < -0.4 is 10.6 Å². The molecule has 4 heteroatoms. The predicted molar refractivity (Wildman–Crippen MR) is 85.7 cm³/mol. The van der Waals surface area contributed by atoms with Gasteiger partial charge in [0.15, 0.2) is 0 Å². The Morgan fingerprint density at radius 3 is 2.71 bits per heavy atom. The van der Waals surface area contributed by atoms with Crippen LogP contribution in [0.3, 0.4) is 0 Å². The second-order valence-corrected chi connectivity index (χ2v) is 6.02. The fourth-order valence-corrected chi connectivity index (χ4v) is 3.13. The number of aryl methyl sites for hydroxylation is 2. The first kappa shape index (κ1) is 15.8. The van der Waals surface area contributed by atoms with E-state index in [9.17, 15) is 4.79 Å². The van der Waals surface area contributed by atoms with E-state index in [1.807, 2.05) is 39.1 Å². The van der Waals surface area contributed by atoms with Gasteiger partial charge in [-0.15, -0.1) is 0 Å². The Kier molecular flexibility index (Phi) is 5.23. The summed E-state index contributed by atoms with van der Waals surface area (Å²) in [6.45, 7) is 6.07. The molecule has 0 saturated heterocycles. The van der Waals surface area contributed by atoms with Gasteiger partial charge in [-0.2, -0.15) is 0 Å². The van der Waals surface area contributed by atoms with Crippen molar-refractivity contribution in [1.29, 1.82) is 0 Å². The van der Waals surface area contributed by atoms with Crippen molar-refractivity contribution in [3.05, 3.63) is 29.3 Å². The zero-order chi connectivity index (χ0) is 15.4. The maximum atomic E-state index is 12.0. The molecule has 1 aromatic carbocycles. The molecule has 2 N–H and O–H groups in total. The van der Waals surface area contributed by atoms with Gasteiger partial charge in [-0.3, -0.25) is 5.32 Å². The third-order valence-electron chi connectivity index (χ3n) is 4.59. The molecule has 4 nitrogen and oxygen atoms in total. The second kappa shape index (κ2) is 6.94. The summed E-state index contributed by atoms with van der Waals surface area (Å²) in [5, 5.41) is 6.14. The zero-order valence-corrected chi connectivity index (χ0v) is 13.4. The van der Waals surface area contributed by atoms with E-state index in [2.05, 4.69) is 17.6 Å². The first-order valence-electron chi connectivity index (χ1n) is 7.73. The number of benzene rings is 1. The van der Waals surface area contributed by atoms with E-state index in [4.69, 9.17) is 4.74 Å². The zero-order valence-electron chi connectivity index (χ0n) is 13.4. The Morgan fingerprint density at radius 2 is 2.05 bits per heavy atom. The van der Waals surface area contributed by atoms with E-state index < -0.39 is 0 Å². The molecule has 1 saturated carbocycles. The SMILES string of the molecule is CNC1CCCC1C(C)OC(=O)Nc1ccc(C)c(C)c1. The van der Waals surface area contributed by atoms with Crippen LogP contribution in [0, 0.1) is 19.8 Å². The van der Waals surface area contributed by atoms with Crippen LogP contribution >= 0.6 is 0 Å². The molecule has 116 valence electrons. The monoisotopic (exact) mass is 290 g/mol. The molecule has 1 fully saturated rings. The average Bonchev–Trinajstić information content (AvgIpc) is 2.91. The molecular formula is C17H26N2O2. The number of carbonyl (C=O) groups is 1. The van der Waals surface area contributed by atoms with Crippen LogP contribution in [0.25, 0.3) is 0 Å². The number of carbonyl (C=O) groups excluding carboxylic acids is 1. The number of hydrogen-bond donors (Lipinski definition) is 2. The van der Waals surface area contributed by atoms with Crippen LogP contribution in [0.4, 0.5) is 10.5 Å². The predicted octanol–water partition coefficient (Wildman–Crippen LogP) is 3.63. The van der Waals surface area contributed by atoms with Gasteiger partial charge in [0, 0.05) is 17.6 Å². The molecule has 2 rings (SSSR count). The van der Waals surface area contributed by atoms with Gasteiger partial charge in [-0.05, 0) is 63.9 Å². The highest BCUT2D eigenvalue weighted by Gasteiger charge is 2.32. The van der Waals surface area contributed by atoms with E-state index in [1.54, 1.807) is 0 Å². The maximum Gasteiger partial charge on any atom is 0.411 e. The van der Waals surface area contributed by atoms with Crippen LogP contribution in [-0.4, -0.2) is 25.3 Å². The molecule has 0 heterocycles. The fourth-order valence-electron chi connectivity index (χ4n) is 3.13. The number of amides is 1. The highest BCUT2D eigenvalue weighted by atomic mass is 16.6. The van der Waals surface area contributed by atoms with Gasteiger partial charge < -0.3 is 10.1 Å². The van der Waals surface area contributed by atoms with Crippen molar-refractivity contribution in [2.45, 2.75) is 52.2 Å². The number of ether oxygens (including phenoxy) is 1. The summed E-state index contributed by atoms with van der Waals surface area (Å²) in [5.41, 5.74) is 3.16. The average molecular weight is 290 g/mol. The third-order valence-corrected chi connectivity index (χ3v) is 4.59. The van der Waals surface area contributed by atoms with Crippen LogP contribution in [0.15, 0.2) is 18.2 Å². The molecule has 1 aliphatic rings. The third kappa shape index (κ3) is 3.97.